The Bertz CT molecular complexity index is 2110. The summed E-state index contributed by atoms with van der Waals surface area (Å²) in [7, 11) is 2.03. The monoisotopic (exact) mass is 674 g/mol. The number of carbonyl (C=O) groups excluding carboxylic acids is 2. The highest BCUT2D eigenvalue weighted by Crippen LogP contribution is 2.40. The predicted octanol–water partition coefficient (Wildman–Crippen LogP) is 5.69. The van der Waals surface area contributed by atoms with Crippen molar-refractivity contribution in [1.82, 2.24) is 30.2 Å². The number of rotatable bonds is 10. The number of hydrogen-bond donors (Lipinski definition) is 3. The molecule has 9 nitrogen and oxygen atoms in total. The second kappa shape index (κ2) is 14.0. The van der Waals surface area contributed by atoms with Crippen LogP contribution in [0, 0.1) is 6.92 Å². The number of nitrogens with one attached hydrogen (secondary N) is 3. The Morgan fingerprint density at radius 1 is 0.878 bits per heavy atom. The molecule has 0 aliphatic carbocycles. The van der Waals surface area contributed by atoms with Crippen LogP contribution in [-0.2, 0) is 22.7 Å². The van der Waals surface area contributed by atoms with Gasteiger partial charge in [0.15, 0.2) is 0 Å². The first-order chi connectivity index (χ1) is 23.7. The van der Waals surface area contributed by atoms with E-state index in [0.717, 1.165) is 58.3 Å². The predicted molar refractivity (Wildman–Crippen MR) is 193 cm³/mol. The van der Waals surface area contributed by atoms with Crippen molar-refractivity contribution in [1.29, 1.82) is 0 Å². The largest absolute Gasteiger partial charge is 0.352 e. The van der Waals surface area contributed by atoms with E-state index in [1.807, 2.05) is 37.4 Å². The van der Waals surface area contributed by atoms with E-state index in [-0.39, 0.29) is 29.6 Å². The molecule has 2 saturated heterocycles. The summed E-state index contributed by atoms with van der Waals surface area (Å²) in [5.41, 5.74) is 9.23. The van der Waals surface area contributed by atoms with Gasteiger partial charge in [0.25, 0.3) is 5.56 Å². The third-order valence-electron chi connectivity index (χ3n) is 9.71. The van der Waals surface area contributed by atoms with Crippen LogP contribution in [0.2, 0.25) is 5.02 Å². The van der Waals surface area contributed by atoms with E-state index >= 15 is 0 Å². The lowest BCUT2D eigenvalue weighted by Gasteiger charge is -2.24. The zero-order chi connectivity index (χ0) is 34.1. The van der Waals surface area contributed by atoms with Crippen LogP contribution in [0.25, 0.3) is 39.0 Å². The Kier molecular flexibility index (Phi) is 9.31. The molecule has 0 saturated carbocycles. The van der Waals surface area contributed by atoms with Gasteiger partial charge in [-0.25, -0.2) is 4.98 Å². The molecule has 2 aliphatic rings. The second-order valence-electron chi connectivity index (χ2n) is 13.0. The maximum Gasteiger partial charge on any atom is 0.262 e. The lowest BCUT2D eigenvalue weighted by molar-refractivity contribution is -0.120. The van der Waals surface area contributed by atoms with Crippen LogP contribution in [0.1, 0.15) is 42.4 Å². The van der Waals surface area contributed by atoms with E-state index in [1.54, 1.807) is 16.8 Å². The first-order valence-corrected chi connectivity index (χ1v) is 17.1. The highest BCUT2D eigenvalue weighted by molar-refractivity contribution is 6.36. The van der Waals surface area contributed by atoms with Crippen LogP contribution in [0.5, 0.6) is 0 Å². The van der Waals surface area contributed by atoms with Crippen molar-refractivity contribution in [2.75, 3.05) is 13.6 Å². The highest BCUT2D eigenvalue weighted by atomic mass is 35.5. The van der Waals surface area contributed by atoms with Gasteiger partial charge in [-0.1, -0.05) is 72.3 Å². The molecule has 2 fully saturated rings. The molecule has 0 unspecified atom stereocenters. The third-order valence-corrected chi connectivity index (χ3v) is 10.1. The number of nitrogens with zero attached hydrogens (tertiary/aromatic N) is 3. The van der Waals surface area contributed by atoms with Crippen molar-refractivity contribution in [3.05, 3.63) is 117 Å². The lowest BCUT2D eigenvalue weighted by Crippen LogP contribution is -2.39. The minimum Gasteiger partial charge on any atom is -0.352 e. The Morgan fingerprint density at radius 2 is 1.59 bits per heavy atom. The van der Waals surface area contributed by atoms with Gasteiger partial charge in [-0.3, -0.25) is 23.7 Å². The van der Waals surface area contributed by atoms with Gasteiger partial charge in [0.2, 0.25) is 11.8 Å². The maximum absolute atomic E-state index is 13.3. The smallest absolute Gasteiger partial charge is 0.262 e. The summed E-state index contributed by atoms with van der Waals surface area (Å²) in [5.74, 6) is 0.188. The molecule has 10 heteroatoms. The maximum atomic E-state index is 13.3. The fraction of sp³-hybridized carbons (Fsp3) is 0.282. The minimum atomic E-state index is -0.115. The molecule has 0 radical (unpaired) electrons. The molecule has 5 aromatic rings. The summed E-state index contributed by atoms with van der Waals surface area (Å²) in [6, 6.07) is 24.8. The first-order valence-electron chi connectivity index (χ1n) is 16.7. The normalized spacial score (nSPS) is 17.6. The van der Waals surface area contributed by atoms with Crippen LogP contribution in [0.4, 0.5) is 0 Å². The molecule has 4 heterocycles. The molecule has 2 aliphatic heterocycles. The van der Waals surface area contributed by atoms with Crippen molar-refractivity contribution in [2.24, 2.45) is 0 Å². The average molecular weight is 675 g/mol. The molecule has 250 valence electrons. The standard InChI is InChI=1S/C39H39ClN6O3/c1-24-30(27-17-18-46-35(19-27)42-21-28(39(46)49)20-41-22-29-13-15-36(47)43-29)5-3-6-31(24)33-8-4-7-32(38(33)40)26-11-9-25(10-12-26)23-45(2)34-14-16-37(48)44-34/h3-12,17-19,21,29,34,41H,13-16,20,22-23H2,1-2H3,(H,43,47)(H,44,48)/t29-,34-/m0/s1. The summed E-state index contributed by atoms with van der Waals surface area (Å²) < 4.78 is 1.58. The second-order valence-corrected chi connectivity index (χ2v) is 13.4. The van der Waals surface area contributed by atoms with Gasteiger partial charge in [-0.05, 0) is 72.3 Å². The molecule has 3 N–H and O–H groups in total. The quantitative estimate of drug-likeness (QED) is 0.176. The molecule has 49 heavy (non-hydrogen) atoms. The SMILES string of the molecule is Cc1c(-c2ccn3c(=O)c(CNC[C@@H]4CCC(=O)N4)cnc3c2)cccc1-c1cccc(-c2ccc(CN(C)[C@H]3CCC(=O)N3)cc2)c1Cl. The molecule has 2 amide bonds. The summed E-state index contributed by atoms with van der Waals surface area (Å²) in [5, 5.41) is 9.93. The molecule has 2 aromatic heterocycles. The van der Waals surface area contributed by atoms with E-state index in [4.69, 9.17) is 11.6 Å². The summed E-state index contributed by atoms with van der Waals surface area (Å²) in [4.78, 5) is 43.2. The number of carbonyl (C=O) groups is 2. The van der Waals surface area contributed by atoms with Crippen LogP contribution >= 0.6 is 11.6 Å². The zero-order valence-corrected chi connectivity index (χ0v) is 28.4. The van der Waals surface area contributed by atoms with Gasteiger partial charge in [-0.15, -0.1) is 0 Å². The van der Waals surface area contributed by atoms with Gasteiger partial charge in [0.05, 0.1) is 11.2 Å². The Balaban J connectivity index is 1.10. The summed E-state index contributed by atoms with van der Waals surface area (Å²) in [6.45, 7) is 3.83. The van der Waals surface area contributed by atoms with Crippen molar-refractivity contribution < 1.29 is 9.59 Å². The van der Waals surface area contributed by atoms with Crippen LogP contribution < -0.4 is 21.5 Å². The fourth-order valence-corrected chi connectivity index (χ4v) is 7.27. The molecule has 0 spiro atoms. The Hall–Kier alpha value is -4.83. The van der Waals surface area contributed by atoms with Gasteiger partial charge in [-0.2, -0.15) is 0 Å². The number of amides is 2. The van der Waals surface area contributed by atoms with Gasteiger partial charge >= 0.3 is 0 Å². The molecule has 3 aromatic carbocycles. The van der Waals surface area contributed by atoms with Crippen molar-refractivity contribution in [3.63, 3.8) is 0 Å². The van der Waals surface area contributed by atoms with Gasteiger partial charge in [0, 0.05) is 67.6 Å². The number of halogens is 1. The average Bonchev–Trinajstić information content (AvgIpc) is 3.74. The summed E-state index contributed by atoms with van der Waals surface area (Å²) >= 11 is 7.14. The number of benzene rings is 3. The topological polar surface area (TPSA) is 108 Å². The van der Waals surface area contributed by atoms with Crippen LogP contribution in [0.3, 0.4) is 0 Å². The molecule has 2 atom stereocenters. The summed E-state index contributed by atoms with van der Waals surface area (Å²) in [6.07, 6.45) is 6.26. The van der Waals surface area contributed by atoms with Crippen molar-refractivity contribution in [3.8, 4) is 33.4 Å². The van der Waals surface area contributed by atoms with Crippen LogP contribution in [-0.4, -0.2) is 51.9 Å². The van der Waals surface area contributed by atoms with E-state index in [2.05, 4.69) is 75.2 Å². The van der Waals surface area contributed by atoms with Gasteiger partial charge in [0.1, 0.15) is 5.65 Å². The number of aromatic nitrogens is 2. The Labute approximate surface area is 290 Å². The number of hydrogen-bond acceptors (Lipinski definition) is 6. The van der Waals surface area contributed by atoms with Gasteiger partial charge < -0.3 is 16.0 Å². The minimum absolute atomic E-state index is 0.0750. The highest BCUT2D eigenvalue weighted by Gasteiger charge is 2.24. The van der Waals surface area contributed by atoms with E-state index < -0.39 is 0 Å². The molecular weight excluding hydrogens is 636 g/mol. The van der Waals surface area contributed by atoms with Crippen LogP contribution in [0.15, 0.2) is 90.0 Å². The molecular formula is C39H39ClN6O3. The lowest BCUT2D eigenvalue weighted by atomic mass is 9.91. The van der Waals surface area contributed by atoms with Crippen molar-refractivity contribution >= 4 is 29.1 Å². The molecule has 0 bridgehead atoms. The zero-order valence-electron chi connectivity index (χ0n) is 27.6. The molecule has 7 rings (SSSR count). The number of fused-ring (bicyclic) bond motifs is 1. The van der Waals surface area contributed by atoms with Crippen molar-refractivity contribution in [2.45, 2.75) is 57.9 Å². The first kappa shape index (κ1) is 32.7. The van der Waals surface area contributed by atoms with E-state index in [0.29, 0.717) is 42.2 Å². The fourth-order valence-electron chi connectivity index (χ4n) is 6.93. The Morgan fingerprint density at radius 3 is 2.33 bits per heavy atom. The van der Waals surface area contributed by atoms with E-state index in [9.17, 15) is 14.4 Å². The third kappa shape index (κ3) is 6.87. The van der Waals surface area contributed by atoms with E-state index in [1.165, 1.54) is 5.56 Å². The number of pyridine rings is 1.